The van der Waals surface area contributed by atoms with Gasteiger partial charge in [-0.2, -0.15) is 0 Å². The Kier molecular flexibility index (Phi) is 4.17. The van der Waals surface area contributed by atoms with Crippen LogP contribution in [0.4, 0.5) is 0 Å². The van der Waals surface area contributed by atoms with Crippen molar-refractivity contribution in [3.8, 4) is 17.2 Å². The van der Waals surface area contributed by atoms with E-state index in [0.29, 0.717) is 17.1 Å². The quantitative estimate of drug-likeness (QED) is 0.754. The Morgan fingerprint density at radius 3 is 2.11 bits per heavy atom. The lowest BCUT2D eigenvalue weighted by molar-refractivity contribution is 0.0401. The second-order valence-corrected chi connectivity index (χ2v) is 4.97. The zero-order valence-electron chi connectivity index (χ0n) is 11.3. The lowest BCUT2D eigenvalue weighted by atomic mass is 9.77. The summed E-state index contributed by atoms with van der Waals surface area (Å²) in [6.45, 7) is 0. The second kappa shape index (κ2) is 5.67. The van der Waals surface area contributed by atoms with Gasteiger partial charge in [0, 0.05) is 12.1 Å². The van der Waals surface area contributed by atoms with Gasteiger partial charge < -0.3 is 25.4 Å². The minimum atomic E-state index is -0.624. The average molecular weight is 267 g/mol. The maximum absolute atomic E-state index is 10.3. The fourth-order valence-electron chi connectivity index (χ4n) is 2.50. The van der Waals surface area contributed by atoms with Crippen LogP contribution in [0, 0.1) is 5.92 Å². The third-order valence-corrected chi connectivity index (χ3v) is 3.86. The molecule has 0 spiro atoms. The molecule has 5 heteroatoms. The standard InChI is InChI=1S/C14H21NO4/c1-18-10-6-9(16)7-11(19-2)12(10)13(15)14(17)8-4-3-5-8/h6-8,13-14,16-17H,3-5,15H2,1-2H3/t13-,14+/m1/s1. The Bertz CT molecular complexity index is 420. The van der Waals surface area contributed by atoms with Crippen molar-refractivity contribution in [3.05, 3.63) is 17.7 Å². The first-order valence-electron chi connectivity index (χ1n) is 6.47. The van der Waals surface area contributed by atoms with Crippen molar-refractivity contribution in [2.75, 3.05) is 14.2 Å². The molecule has 0 unspecified atom stereocenters. The van der Waals surface area contributed by atoms with E-state index in [-0.39, 0.29) is 11.7 Å². The van der Waals surface area contributed by atoms with Crippen LogP contribution < -0.4 is 15.2 Å². The number of nitrogens with two attached hydrogens (primary N) is 1. The van der Waals surface area contributed by atoms with Crippen LogP contribution in [0.3, 0.4) is 0 Å². The molecular weight excluding hydrogens is 246 g/mol. The number of hydrogen-bond acceptors (Lipinski definition) is 5. The van der Waals surface area contributed by atoms with Gasteiger partial charge in [0.05, 0.1) is 31.9 Å². The van der Waals surface area contributed by atoms with Gasteiger partial charge in [0.1, 0.15) is 17.2 Å². The minimum absolute atomic E-state index is 0.0442. The van der Waals surface area contributed by atoms with E-state index in [2.05, 4.69) is 0 Å². The SMILES string of the molecule is COc1cc(O)cc(OC)c1[C@@H](N)[C@@H](O)C1CCC1. The van der Waals surface area contributed by atoms with E-state index in [1.807, 2.05) is 0 Å². The van der Waals surface area contributed by atoms with Crippen molar-refractivity contribution in [2.24, 2.45) is 11.7 Å². The molecule has 4 N–H and O–H groups in total. The third-order valence-electron chi connectivity index (χ3n) is 3.86. The number of benzene rings is 1. The maximum Gasteiger partial charge on any atom is 0.131 e. The third kappa shape index (κ3) is 2.62. The summed E-state index contributed by atoms with van der Waals surface area (Å²) in [5.74, 6) is 1.14. The number of aliphatic hydroxyl groups is 1. The smallest absolute Gasteiger partial charge is 0.131 e. The van der Waals surface area contributed by atoms with Gasteiger partial charge in [-0.3, -0.25) is 0 Å². The van der Waals surface area contributed by atoms with E-state index in [9.17, 15) is 10.2 Å². The number of rotatable bonds is 5. The Morgan fingerprint density at radius 2 is 1.74 bits per heavy atom. The normalized spacial score (nSPS) is 18.5. The van der Waals surface area contributed by atoms with Gasteiger partial charge in [-0.15, -0.1) is 0 Å². The summed E-state index contributed by atoms with van der Waals surface area (Å²) in [5.41, 5.74) is 6.76. The van der Waals surface area contributed by atoms with E-state index < -0.39 is 12.1 Å². The van der Waals surface area contributed by atoms with E-state index in [1.165, 1.54) is 26.4 Å². The highest BCUT2D eigenvalue weighted by atomic mass is 16.5. The van der Waals surface area contributed by atoms with Crippen molar-refractivity contribution >= 4 is 0 Å². The molecule has 5 nitrogen and oxygen atoms in total. The van der Waals surface area contributed by atoms with Crippen LogP contribution in [0.2, 0.25) is 0 Å². The molecule has 1 aromatic rings. The molecule has 2 atom stereocenters. The highest BCUT2D eigenvalue weighted by Gasteiger charge is 2.33. The lowest BCUT2D eigenvalue weighted by Crippen LogP contribution is -2.36. The second-order valence-electron chi connectivity index (χ2n) is 4.97. The first-order chi connectivity index (χ1) is 9.08. The maximum atomic E-state index is 10.3. The summed E-state index contributed by atoms with van der Waals surface area (Å²) in [4.78, 5) is 0. The number of methoxy groups -OCH3 is 2. The minimum Gasteiger partial charge on any atom is -0.508 e. The van der Waals surface area contributed by atoms with Gasteiger partial charge in [0.15, 0.2) is 0 Å². The van der Waals surface area contributed by atoms with Crippen molar-refractivity contribution in [1.82, 2.24) is 0 Å². The predicted octanol–water partition coefficient (Wildman–Crippen LogP) is 1.57. The Balaban J connectivity index is 2.35. The van der Waals surface area contributed by atoms with Crippen LogP contribution in [0.15, 0.2) is 12.1 Å². The molecule has 0 aliphatic heterocycles. The van der Waals surface area contributed by atoms with Crippen LogP contribution in [-0.4, -0.2) is 30.5 Å². The largest absolute Gasteiger partial charge is 0.508 e. The molecule has 0 amide bonds. The van der Waals surface area contributed by atoms with Crippen molar-refractivity contribution in [1.29, 1.82) is 0 Å². The Labute approximate surface area is 113 Å². The van der Waals surface area contributed by atoms with Crippen LogP contribution in [0.1, 0.15) is 30.9 Å². The summed E-state index contributed by atoms with van der Waals surface area (Å²) in [6.07, 6.45) is 2.51. The Hall–Kier alpha value is -1.46. The fourth-order valence-corrected chi connectivity index (χ4v) is 2.50. The predicted molar refractivity (Wildman–Crippen MR) is 71.5 cm³/mol. The molecule has 19 heavy (non-hydrogen) atoms. The number of aliphatic hydroxyl groups excluding tert-OH is 1. The summed E-state index contributed by atoms with van der Waals surface area (Å²) >= 11 is 0. The average Bonchev–Trinajstić information content (AvgIpc) is 2.34. The molecule has 1 aromatic carbocycles. The van der Waals surface area contributed by atoms with Gasteiger partial charge in [0.2, 0.25) is 0 Å². The first-order valence-corrected chi connectivity index (χ1v) is 6.47. The van der Waals surface area contributed by atoms with Crippen molar-refractivity contribution in [2.45, 2.75) is 31.4 Å². The number of hydrogen-bond donors (Lipinski definition) is 3. The summed E-state index contributed by atoms with van der Waals surface area (Å²) in [6, 6.07) is 2.37. The van der Waals surface area contributed by atoms with Gasteiger partial charge >= 0.3 is 0 Å². The molecule has 2 rings (SSSR count). The molecule has 0 radical (unpaired) electrons. The van der Waals surface area contributed by atoms with Crippen LogP contribution in [0.25, 0.3) is 0 Å². The topological polar surface area (TPSA) is 84.9 Å². The molecule has 1 fully saturated rings. The zero-order valence-corrected chi connectivity index (χ0v) is 11.3. The van der Waals surface area contributed by atoms with Gasteiger partial charge in [-0.1, -0.05) is 6.42 Å². The van der Waals surface area contributed by atoms with Crippen LogP contribution >= 0.6 is 0 Å². The van der Waals surface area contributed by atoms with E-state index >= 15 is 0 Å². The van der Waals surface area contributed by atoms with Crippen LogP contribution in [0.5, 0.6) is 17.2 Å². The fraction of sp³-hybridized carbons (Fsp3) is 0.571. The first kappa shape index (κ1) is 14.0. The van der Waals surface area contributed by atoms with Crippen LogP contribution in [-0.2, 0) is 0 Å². The molecule has 0 bridgehead atoms. The highest BCUT2D eigenvalue weighted by Crippen LogP contribution is 2.42. The molecule has 0 saturated heterocycles. The van der Waals surface area contributed by atoms with E-state index in [1.54, 1.807) is 0 Å². The molecule has 0 aromatic heterocycles. The summed E-state index contributed by atoms with van der Waals surface area (Å²) < 4.78 is 10.5. The lowest BCUT2D eigenvalue weighted by Gasteiger charge is -2.34. The highest BCUT2D eigenvalue weighted by molar-refractivity contribution is 5.52. The Morgan fingerprint density at radius 1 is 1.21 bits per heavy atom. The van der Waals surface area contributed by atoms with Crippen molar-refractivity contribution < 1.29 is 19.7 Å². The molecule has 1 saturated carbocycles. The van der Waals surface area contributed by atoms with E-state index in [4.69, 9.17) is 15.2 Å². The molecule has 1 aliphatic rings. The number of phenols is 1. The monoisotopic (exact) mass is 267 g/mol. The molecule has 1 aliphatic carbocycles. The number of ether oxygens (including phenoxy) is 2. The molecular formula is C14H21NO4. The number of phenolic OH excluding ortho intramolecular Hbond substituents is 1. The van der Waals surface area contributed by atoms with Gasteiger partial charge in [-0.05, 0) is 18.8 Å². The zero-order chi connectivity index (χ0) is 14.0. The van der Waals surface area contributed by atoms with Gasteiger partial charge in [-0.25, -0.2) is 0 Å². The summed E-state index contributed by atoms with van der Waals surface area (Å²) in [5, 5.41) is 19.9. The summed E-state index contributed by atoms with van der Waals surface area (Å²) in [7, 11) is 3.00. The number of aromatic hydroxyl groups is 1. The van der Waals surface area contributed by atoms with Gasteiger partial charge in [0.25, 0.3) is 0 Å². The molecule has 0 heterocycles. The van der Waals surface area contributed by atoms with Crippen molar-refractivity contribution in [3.63, 3.8) is 0 Å². The molecule has 106 valence electrons. The van der Waals surface area contributed by atoms with E-state index in [0.717, 1.165) is 19.3 Å².